The summed E-state index contributed by atoms with van der Waals surface area (Å²) in [6.07, 6.45) is 2.20. The van der Waals surface area contributed by atoms with Crippen LogP contribution in [0.4, 0.5) is 5.69 Å². The molecular weight excluding hydrogens is 346 g/mol. The number of anilines is 1. The molecule has 0 spiro atoms. The molecule has 1 aliphatic rings. The van der Waals surface area contributed by atoms with Crippen LogP contribution < -0.4 is 10.6 Å². The third-order valence-electron chi connectivity index (χ3n) is 4.30. The maximum Gasteiger partial charge on any atom is 0.338 e. The standard InChI is InChI=1S/C20H21N3O4/c1-2-27-20(26)13-6-8-14(9-7-13)23-19(25)17-11-16(17)18(24)22-12-15-5-3-4-10-21-15/h3-10,16-17H,2,11-12H2,1H3,(H,22,24)(H,23,25). The Balaban J connectivity index is 1.47. The second-order valence-electron chi connectivity index (χ2n) is 6.27. The van der Waals surface area contributed by atoms with Crippen LogP contribution in [0.2, 0.25) is 0 Å². The molecular formula is C20H21N3O4. The van der Waals surface area contributed by atoms with E-state index in [1.165, 1.54) is 0 Å². The zero-order chi connectivity index (χ0) is 19.2. The number of nitrogens with zero attached hydrogens (tertiary/aromatic N) is 1. The van der Waals surface area contributed by atoms with E-state index in [0.717, 1.165) is 5.69 Å². The molecule has 2 N–H and O–H groups in total. The fourth-order valence-corrected chi connectivity index (χ4v) is 2.73. The van der Waals surface area contributed by atoms with E-state index >= 15 is 0 Å². The lowest BCUT2D eigenvalue weighted by Gasteiger charge is -2.07. The van der Waals surface area contributed by atoms with Gasteiger partial charge in [-0.05, 0) is 49.7 Å². The molecule has 1 aliphatic carbocycles. The molecule has 3 rings (SSSR count). The molecule has 1 aromatic carbocycles. The molecule has 7 heteroatoms. The van der Waals surface area contributed by atoms with E-state index in [1.54, 1.807) is 37.4 Å². The summed E-state index contributed by atoms with van der Waals surface area (Å²) in [6.45, 7) is 2.40. The highest BCUT2D eigenvalue weighted by Crippen LogP contribution is 2.39. The van der Waals surface area contributed by atoms with E-state index in [9.17, 15) is 14.4 Å². The van der Waals surface area contributed by atoms with Gasteiger partial charge in [0.1, 0.15) is 0 Å². The van der Waals surface area contributed by atoms with Crippen LogP contribution in [-0.2, 0) is 20.9 Å². The van der Waals surface area contributed by atoms with E-state index in [2.05, 4.69) is 15.6 Å². The van der Waals surface area contributed by atoms with Crippen molar-refractivity contribution in [2.75, 3.05) is 11.9 Å². The summed E-state index contributed by atoms with van der Waals surface area (Å²) in [7, 11) is 0. The second-order valence-corrected chi connectivity index (χ2v) is 6.27. The average Bonchev–Trinajstić information content (AvgIpc) is 3.49. The van der Waals surface area contributed by atoms with Crippen molar-refractivity contribution in [3.8, 4) is 0 Å². The van der Waals surface area contributed by atoms with Gasteiger partial charge in [0.05, 0.1) is 36.2 Å². The SMILES string of the molecule is CCOC(=O)c1ccc(NC(=O)C2CC2C(=O)NCc2ccccn2)cc1. The molecule has 1 saturated carbocycles. The van der Waals surface area contributed by atoms with E-state index in [1.807, 2.05) is 18.2 Å². The maximum absolute atomic E-state index is 12.3. The number of benzene rings is 1. The van der Waals surface area contributed by atoms with Crippen molar-refractivity contribution in [3.05, 3.63) is 59.9 Å². The van der Waals surface area contributed by atoms with Crippen molar-refractivity contribution in [1.29, 1.82) is 0 Å². The summed E-state index contributed by atoms with van der Waals surface area (Å²) in [6, 6.07) is 12.0. The zero-order valence-corrected chi connectivity index (χ0v) is 15.0. The number of ether oxygens (including phenoxy) is 1. The highest BCUT2D eigenvalue weighted by atomic mass is 16.5. The molecule has 2 atom stereocenters. The topological polar surface area (TPSA) is 97.4 Å². The van der Waals surface area contributed by atoms with Gasteiger partial charge in [0.2, 0.25) is 11.8 Å². The number of carbonyl (C=O) groups excluding carboxylic acids is 3. The molecule has 2 amide bonds. The van der Waals surface area contributed by atoms with Crippen molar-refractivity contribution >= 4 is 23.5 Å². The molecule has 1 heterocycles. The lowest BCUT2D eigenvalue weighted by molar-refractivity contribution is -0.125. The Bertz CT molecular complexity index is 821. The van der Waals surface area contributed by atoms with Gasteiger partial charge in [0, 0.05) is 11.9 Å². The van der Waals surface area contributed by atoms with Crippen molar-refractivity contribution in [1.82, 2.24) is 10.3 Å². The first kappa shape index (κ1) is 18.6. The van der Waals surface area contributed by atoms with Crippen molar-refractivity contribution < 1.29 is 19.1 Å². The van der Waals surface area contributed by atoms with Crippen LogP contribution in [0.1, 0.15) is 29.4 Å². The molecule has 0 aliphatic heterocycles. The predicted molar refractivity (Wildman–Crippen MR) is 98.7 cm³/mol. The van der Waals surface area contributed by atoms with Gasteiger partial charge < -0.3 is 15.4 Å². The highest BCUT2D eigenvalue weighted by molar-refractivity contribution is 5.99. The van der Waals surface area contributed by atoms with Gasteiger partial charge >= 0.3 is 5.97 Å². The van der Waals surface area contributed by atoms with Crippen molar-refractivity contribution in [2.24, 2.45) is 11.8 Å². The van der Waals surface area contributed by atoms with Crippen LogP contribution >= 0.6 is 0 Å². The average molecular weight is 367 g/mol. The minimum Gasteiger partial charge on any atom is -0.462 e. The molecule has 7 nitrogen and oxygen atoms in total. The third-order valence-corrected chi connectivity index (χ3v) is 4.30. The zero-order valence-electron chi connectivity index (χ0n) is 15.0. The van der Waals surface area contributed by atoms with Crippen molar-refractivity contribution in [3.63, 3.8) is 0 Å². The van der Waals surface area contributed by atoms with Gasteiger partial charge in [0.25, 0.3) is 0 Å². The number of rotatable bonds is 7. The molecule has 0 radical (unpaired) electrons. The lowest BCUT2D eigenvalue weighted by Crippen LogP contribution is -2.27. The van der Waals surface area contributed by atoms with Crippen LogP contribution in [0.25, 0.3) is 0 Å². The number of hydrogen-bond donors (Lipinski definition) is 2. The summed E-state index contributed by atoms with van der Waals surface area (Å²) in [5, 5.41) is 5.59. The summed E-state index contributed by atoms with van der Waals surface area (Å²) in [5.74, 6) is -1.39. The fourth-order valence-electron chi connectivity index (χ4n) is 2.73. The lowest BCUT2D eigenvalue weighted by atomic mass is 10.2. The number of amides is 2. The first-order valence-electron chi connectivity index (χ1n) is 8.84. The highest BCUT2D eigenvalue weighted by Gasteiger charge is 2.47. The van der Waals surface area contributed by atoms with E-state index in [0.29, 0.717) is 30.8 Å². The minimum absolute atomic E-state index is 0.140. The maximum atomic E-state index is 12.3. The molecule has 0 saturated heterocycles. The first-order valence-corrected chi connectivity index (χ1v) is 8.84. The number of nitrogens with one attached hydrogen (secondary N) is 2. The molecule has 140 valence electrons. The van der Waals surface area contributed by atoms with E-state index < -0.39 is 5.97 Å². The molecule has 27 heavy (non-hydrogen) atoms. The Morgan fingerprint density at radius 2 is 1.81 bits per heavy atom. The van der Waals surface area contributed by atoms with Gasteiger partial charge in [-0.15, -0.1) is 0 Å². The monoisotopic (exact) mass is 367 g/mol. The minimum atomic E-state index is -0.401. The van der Waals surface area contributed by atoms with Gasteiger partial charge in [0.15, 0.2) is 0 Å². The number of carbonyl (C=O) groups is 3. The number of aromatic nitrogens is 1. The molecule has 0 bridgehead atoms. The van der Waals surface area contributed by atoms with Crippen LogP contribution in [0.15, 0.2) is 48.7 Å². The largest absolute Gasteiger partial charge is 0.462 e. The normalized spacial score (nSPS) is 17.7. The third kappa shape index (κ3) is 4.91. The Kier molecular flexibility index (Phi) is 5.80. The quantitative estimate of drug-likeness (QED) is 0.731. The summed E-state index contributed by atoms with van der Waals surface area (Å²) >= 11 is 0. The molecule has 1 aromatic heterocycles. The molecule has 2 unspecified atom stereocenters. The summed E-state index contributed by atoms with van der Waals surface area (Å²) < 4.78 is 4.92. The Morgan fingerprint density at radius 1 is 1.07 bits per heavy atom. The fraction of sp³-hybridized carbons (Fsp3) is 0.300. The van der Waals surface area contributed by atoms with E-state index in [-0.39, 0.29) is 23.7 Å². The van der Waals surface area contributed by atoms with E-state index in [4.69, 9.17) is 4.74 Å². The van der Waals surface area contributed by atoms with Gasteiger partial charge in [-0.25, -0.2) is 4.79 Å². The van der Waals surface area contributed by atoms with Gasteiger partial charge in [-0.2, -0.15) is 0 Å². The van der Waals surface area contributed by atoms with Crippen LogP contribution in [0, 0.1) is 11.8 Å². The Labute approximate surface area is 157 Å². The molecule has 1 fully saturated rings. The summed E-state index contributed by atoms with van der Waals surface area (Å²) in [5.41, 5.74) is 1.77. The Hall–Kier alpha value is -3.22. The van der Waals surface area contributed by atoms with Crippen LogP contribution in [0.3, 0.4) is 0 Å². The van der Waals surface area contributed by atoms with Gasteiger partial charge in [-0.1, -0.05) is 6.07 Å². The van der Waals surface area contributed by atoms with Crippen LogP contribution in [0.5, 0.6) is 0 Å². The summed E-state index contributed by atoms with van der Waals surface area (Å²) in [4.78, 5) is 40.2. The smallest absolute Gasteiger partial charge is 0.338 e. The number of hydrogen-bond acceptors (Lipinski definition) is 5. The second kappa shape index (κ2) is 8.44. The number of pyridine rings is 1. The Morgan fingerprint density at radius 3 is 2.48 bits per heavy atom. The molecule has 2 aromatic rings. The first-order chi connectivity index (χ1) is 13.1. The van der Waals surface area contributed by atoms with Crippen molar-refractivity contribution in [2.45, 2.75) is 19.9 Å². The van der Waals surface area contributed by atoms with Crippen LogP contribution in [-0.4, -0.2) is 29.4 Å². The number of esters is 1. The predicted octanol–water partition coefficient (Wildman–Crippen LogP) is 2.15. The van der Waals surface area contributed by atoms with Gasteiger partial charge in [-0.3, -0.25) is 14.6 Å².